The van der Waals surface area contributed by atoms with Crippen molar-refractivity contribution in [2.75, 3.05) is 32.3 Å². The summed E-state index contributed by atoms with van der Waals surface area (Å²) in [4.78, 5) is 36.9. The van der Waals surface area contributed by atoms with Crippen LogP contribution in [0.2, 0.25) is 0 Å². The molecule has 4 rings (SSSR count). The lowest BCUT2D eigenvalue weighted by molar-refractivity contribution is -0.120. The van der Waals surface area contributed by atoms with E-state index in [1.54, 1.807) is 11.5 Å². The van der Waals surface area contributed by atoms with Gasteiger partial charge in [-0.25, -0.2) is 9.78 Å². The Morgan fingerprint density at radius 1 is 1.39 bits per heavy atom. The number of amides is 3. The van der Waals surface area contributed by atoms with Crippen LogP contribution >= 0.6 is 18.6 Å². The lowest BCUT2D eigenvalue weighted by Crippen LogP contribution is -2.33. The van der Waals surface area contributed by atoms with Gasteiger partial charge in [0, 0.05) is 13.0 Å². The highest BCUT2D eigenvalue weighted by Gasteiger charge is 2.45. The smallest absolute Gasteiger partial charge is 0.479 e. The van der Waals surface area contributed by atoms with Gasteiger partial charge in [-0.05, 0) is 4.57 Å². The number of hydrogen-bond acceptors (Lipinski definition) is 12. The van der Waals surface area contributed by atoms with Crippen molar-refractivity contribution in [1.82, 2.24) is 29.7 Å². The fourth-order valence-electron chi connectivity index (χ4n) is 3.67. The van der Waals surface area contributed by atoms with Crippen molar-refractivity contribution in [2.24, 2.45) is 5.92 Å². The van der Waals surface area contributed by atoms with Gasteiger partial charge < -0.3 is 25.2 Å². The second-order valence-corrected chi connectivity index (χ2v) is 10.5. The highest BCUT2D eigenvalue weighted by molar-refractivity contribution is 8.50. The van der Waals surface area contributed by atoms with Gasteiger partial charge in [0.05, 0.1) is 25.3 Å². The molecule has 2 aliphatic heterocycles. The molecule has 2 fully saturated rings. The number of likely N-dealkylation sites (N-methyl/N-ethyl adjacent to an activating group) is 1. The Morgan fingerprint density at radius 2 is 2.15 bits per heavy atom. The van der Waals surface area contributed by atoms with E-state index in [1.165, 1.54) is 25.4 Å². The topological polar surface area (TPSA) is 184 Å². The average Bonchev–Trinajstić information content (AvgIpc) is 3.39. The van der Waals surface area contributed by atoms with Crippen molar-refractivity contribution in [3.8, 4) is 5.88 Å². The summed E-state index contributed by atoms with van der Waals surface area (Å²) in [5, 5.41) is 12.8. The maximum absolute atomic E-state index is 12.3. The SMILES string of the molecule is COc1nc(N)nc2c1ncn2C1OC(CO[P+](=O)SC[C@H]2C(=O)NC(=O)N2C)[C@@H](O)C1C. The number of nitrogen functional groups attached to an aromatic ring is 1. The molecule has 4 N–H and O–H groups in total. The van der Waals surface area contributed by atoms with Gasteiger partial charge in [0.1, 0.15) is 25.0 Å². The molecule has 0 saturated carbocycles. The van der Waals surface area contributed by atoms with Crippen LogP contribution in [0.15, 0.2) is 6.33 Å². The number of rotatable bonds is 8. The summed E-state index contributed by atoms with van der Waals surface area (Å²) >= 11 is 0.910. The fraction of sp³-hybridized carbons (Fsp3) is 0.588. The molecule has 0 aliphatic carbocycles. The minimum absolute atomic E-state index is 0.00416. The Kier molecular flexibility index (Phi) is 6.68. The lowest BCUT2D eigenvalue weighted by Gasteiger charge is -2.17. The number of imidazole rings is 1. The summed E-state index contributed by atoms with van der Waals surface area (Å²) < 4.78 is 30.5. The van der Waals surface area contributed by atoms with Crippen LogP contribution in [0.5, 0.6) is 5.88 Å². The summed E-state index contributed by atoms with van der Waals surface area (Å²) in [5.74, 6) is -0.478. The molecule has 16 heteroatoms. The van der Waals surface area contributed by atoms with Gasteiger partial charge in [-0.15, -0.1) is 4.52 Å². The molecule has 178 valence electrons. The van der Waals surface area contributed by atoms with Crippen LogP contribution in [0, 0.1) is 5.92 Å². The molecule has 2 aliphatic rings. The van der Waals surface area contributed by atoms with E-state index >= 15 is 0 Å². The van der Waals surface area contributed by atoms with Gasteiger partial charge in [-0.3, -0.25) is 14.7 Å². The maximum atomic E-state index is 12.3. The zero-order valence-electron chi connectivity index (χ0n) is 17.9. The molecule has 33 heavy (non-hydrogen) atoms. The van der Waals surface area contributed by atoms with Crippen molar-refractivity contribution >= 4 is 47.7 Å². The predicted molar refractivity (Wildman–Crippen MR) is 116 cm³/mol. The molecular weight excluding hydrogens is 477 g/mol. The Morgan fingerprint density at radius 3 is 2.82 bits per heavy atom. The summed E-state index contributed by atoms with van der Waals surface area (Å²) in [6, 6.07) is -1.22. The molecule has 0 bridgehead atoms. The average molecular weight is 500 g/mol. The van der Waals surface area contributed by atoms with E-state index < -0.39 is 43.6 Å². The van der Waals surface area contributed by atoms with E-state index in [0.29, 0.717) is 11.2 Å². The number of aliphatic hydroxyl groups is 1. The van der Waals surface area contributed by atoms with Crippen LogP contribution < -0.4 is 15.8 Å². The molecular formula is C17H23N7O7PS+. The van der Waals surface area contributed by atoms with E-state index in [-0.39, 0.29) is 30.1 Å². The van der Waals surface area contributed by atoms with E-state index in [0.717, 1.165) is 11.4 Å². The number of fused-ring (bicyclic) bond motifs is 1. The molecule has 0 spiro atoms. The molecule has 4 heterocycles. The number of aromatic nitrogens is 4. The second-order valence-electron chi connectivity index (χ2n) is 7.57. The van der Waals surface area contributed by atoms with Crippen molar-refractivity contribution in [3.63, 3.8) is 0 Å². The van der Waals surface area contributed by atoms with Crippen LogP contribution in [0.3, 0.4) is 0 Å². The predicted octanol–water partition coefficient (Wildman–Crippen LogP) is 0.269. The number of hydrogen-bond donors (Lipinski definition) is 3. The minimum atomic E-state index is -2.21. The summed E-state index contributed by atoms with van der Waals surface area (Å²) in [5.41, 5.74) is 6.55. The highest BCUT2D eigenvalue weighted by atomic mass is 32.7. The number of nitrogens with zero attached hydrogens (tertiary/aromatic N) is 5. The van der Waals surface area contributed by atoms with Crippen LogP contribution in [0.4, 0.5) is 10.7 Å². The second kappa shape index (κ2) is 9.35. The van der Waals surface area contributed by atoms with Crippen LogP contribution in [0.1, 0.15) is 13.2 Å². The number of methoxy groups -OCH3 is 1. The van der Waals surface area contributed by atoms with Gasteiger partial charge in [0.2, 0.25) is 11.8 Å². The van der Waals surface area contributed by atoms with E-state index in [4.69, 9.17) is 19.7 Å². The van der Waals surface area contributed by atoms with Crippen molar-refractivity contribution in [2.45, 2.75) is 31.4 Å². The monoisotopic (exact) mass is 500 g/mol. The molecule has 4 unspecified atom stereocenters. The number of aliphatic hydroxyl groups excluding tert-OH is 1. The zero-order chi connectivity index (χ0) is 23.9. The molecule has 0 aromatic carbocycles. The van der Waals surface area contributed by atoms with Crippen molar-refractivity contribution in [3.05, 3.63) is 6.33 Å². The van der Waals surface area contributed by atoms with Crippen LogP contribution in [0.25, 0.3) is 11.2 Å². The number of anilines is 1. The van der Waals surface area contributed by atoms with Gasteiger partial charge in [-0.1, -0.05) is 6.92 Å². The minimum Gasteiger partial charge on any atom is -0.479 e. The van der Waals surface area contributed by atoms with Crippen LogP contribution in [-0.2, 0) is 18.6 Å². The number of carbonyl (C=O) groups excluding carboxylic acids is 2. The Labute approximate surface area is 192 Å². The van der Waals surface area contributed by atoms with E-state index in [9.17, 15) is 19.3 Å². The molecule has 2 aromatic rings. The first kappa shape index (κ1) is 23.6. The zero-order valence-corrected chi connectivity index (χ0v) is 19.7. The third kappa shape index (κ3) is 4.46. The summed E-state index contributed by atoms with van der Waals surface area (Å²) in [6.45, 7) is 1.66. The van der Waals surface area contributed by atoms with Gasteiger partial charge in [0.15, 0.2) is 22.5 Å². The van der Waals surface area contributed by atoms with Gasteiger partial charge in [-0.2, -0.15) is 9.97 Å². The number of ether oxygens (including phenoxy) is 2. The Balaban J connectivity index is 1.38. The first-order valence-electron chi connectivity index (χ1n) is 9.89. The van der Waals surface area contributed by atoms with E-state index in [2.05, 4.69) is 20.3 Å². The van der Waals surface area contributed by atoms with Crippen molar-refractivity contribution < 1.29 is 33.3 Å². The quantitative estimate of drug-likeness (QED) is 0.332. The normalized spacial score (nSPS) is 27.9. The lowest BCUT2D eigenvalue weighted by atomic mass is 10.0. The third-order valence-electron chi connectivity index (χ3n) is 5.56. The van der Waals surface area contributed by atoms with Crippen LogP contribution in [-0.4, -0.2) is 86.2 Å². The number of imide groups is 1. The number of nitrogens with two attached hydrogens (primary N) is 1. The molecule has 14 nitrogen and oxygen atoms in total. The molecule has 6 atom stereocenters. The third-order valence-corrected chi connectivity index (χ3v) is 7.99. The maximum Gasteiger partial charge on any atom is 0.585 e. The number of carbonyl (C=O) groups is 2. The highest BCUT2D eigenvalue weighted by Crippen LogP contribution is 2.42. The Bertz CT molecular complexity index is 1100. The fourth-order valence-corrected chi connectivity index (χ4v) is 5.84. The summed E-state index contributed by atoms with van der Waals surface area (Å²) in [7, 11) is 0.716. The summed E-state index contributed by atoms with van der Waals surface area (Å²) in [6.07, 6.45) is -0.808. The Hall–Kier alpha value is -2.58. The number of nitrogens with one attached hydrogen (secondary N) is 1. The standard InChI is InChI=1S/C17H22N7O7PS/c1-7-11(25)9(4-30-32(28)33-5-8-13(26)21-17(27)23(8)2)31-15(7)24-6-19-10-12(24)20-16(18)22-14(10)29-3/h6-9,11,15,25H,4-5H2,1-3H3,(H2-,18,20,21,22,26,27)/p+1/t7?,8-,9?,11-,15?/m0/s1. The largest absolute Gasteiger partial charge is 0.585 e. The van der Waals surface area contributed by atoms with Gasteiger partial charge >= 0.3 is 13.3 Å². The molecule has 0 radical (unpaired) electrons. The van der Waals surface area contributed by atoms with E-state index in [1.807, 2.05) is 0 Å². The molecule has 2 saturated heterocycles. The van der Waals surface area contributed by atoms with Gasteiger partial charge in [0.25, 0.3) is 5.91 Å². The van der Waals surface area contributed by atoms with Crippen molar-refractivity contribution in [1.29, 1.82) is 0 Å². The first-order chi connectivity index (χ1) is 15.7. The number of urea groups is 1. The molecule has 2 aromatic heterocycles. The molecule has 3 amide bonds. The first-order valence-corrected chi connectivity index (χ1v) is 12.7.